The number of hydrogen-bond acceptors (Lipinski definition) is 3. The lowest BCUT2D eigenvalue weighted by molar-refractivity contribution is 0.103. The molecule has 30 heavy (non-hydrogen) atoms. The number of fused-ring (bicyclic) bond motifs is 4. The van der Waals surface area contributed by atoms with Crippen molar-refractivity contribution < 1.29 is 4.79 Å². The molecule has 0 radical (unpaired) electrons. The summed E-state index contributed by atoms with van der Waals surface area (Å²) in [6.07, 6.45) is 0. The van der Waals surface area contributed by atoms with E-state index in [1.165, 1.54) is 0 Å². The highest BCUT2D eigenvalue weighted by Crippen LogP contribution is 2.32. The number of anilines is 2. The zero-order chi connectivity index (χ0) is 20.7. The van der Waals surface area contributed by atoms with Crippen LogP contribution in [0.5, 0.6) is 0 Å². The summed E-state index contributed by atoms with van der Waals surface area (Å²) in [5.74, 6) is -0.132. The molecular weight excluding hydrogens is 370 g/mol. The van der Waals surface area contributed by atoms with Gasteiger partial charge in [0.1, 0.15) is 0 Å². The Morgan fingerprint density at radius 3 is 2.23 bits per heavy atom. The third kappa shape index (κ3) is 3.03. The molecule has 4 heteroatoms. The van der Waals surface area contributed by atoms with Crippen LogP contribution in [0, 0.1) is 0 Å². The van der Waals surface area contributed by atoms with Crippen molar-refractivity contribution in [3.05, 3.63) is 90.5 Å². The molecule has 0 aliphatic carbocycles. The molecule has 0 aliphatic rings. The smallest absolute Gasteiger partial charge is 0.257 e. The highest BCUT2D eigenvalue weighted by Gasteiger charge is 2.18. The minimum atomic E-state index is -0.132. The number of para-hydroxylation sites is 1. The monoisotopic (exact) mass is 391 g/mol. The van der Waals surface area contributed by atoms with Gasteiger partial charge in [-0.05, 0) is 47.2 Å². The second-order valence-corrected chi connectivity index (χ2v) is 7.58. The van der Waals surface area contributed by atoms with Crippen LogP contribution in [0.1, 0.15) is 10.4 Å². The van der Waals surface area contributed by atoms with Crippen LogP contribution >= 0.6 is 0 Å². The summed E-state index contributed by atoms with van der Waals surface area (Å²) in [4.78, 5) is 20.4. The van der Waals surface area contributed by atoms with Crippen molar-refractivity contribution in [2.45, 2.75) is 0 Å². The van der Waals surface area contributed by atoms with Crippen LogP contribution < -0.4 is 10.2 Å². The molecule has 1 aromatic heterocycles. The van der Waals surface area contributed by atoms with Crippen molar-refractivity contribution in [1.82, 2.24) is 4.98 Å². The molecule has 0 atom stereocenters. The third-order valence-electron chi connectivity index (χ3n) is 5.44. The molecule has 1 amide bonds. The molecule has 0 saturated carbocycles. The van der Waals surface area contributed by atoms with Crippen LogP contribution in [0.2, 0.25) is 0 Å². The van der Waals surface area contributed by atoms with E-state index in [2.05, 4.69) is 23.5 Å². The van der Waals surface area contributed by atoms with Gasteiger partial charge in [0.05, 0.1) is 16.6 Å². The van der Waals surface area contributed by atoms with E-state index in [9.17, 15) is 4.79 Å². The maximum Gasteiger partial charge on any atom is 0.257 e. The summed E-state index contributed by atoms with van der Waals surface area (Å²) in [5, 5.41) is 6.94. The molecule has 0 fully saturated rings. The number of nitrogens with one attached hydrogen (secondary N) is 1. The Morgan fingerprint density at radius 1 is 0.767 bits per heavy atom. The number of benzene rings is 4. The van der Waals surface area contributed by atoms with Gasteiger partial charge < -0.3 is 10.2 Å². The number of carbonyl (C=O) groups is 1. The largest absolute Gasteiger partial charge is 0.378 e. The first-order valence-corrected chi connectivity index (χ1v) is 9.91. The van der Waals surface area contributed by atoms with Gasteiger partial charge in [-0.15, -0.1) is 0 Å². The van der Waals surface area contributed by atoms with Gasteiger partial charge in [0.25, 0.3) is 5.91 Å². The Kier molecular flexibility index (Phi) is 4.32. The summed E-state index contributed by atoms with van der Waals surface area (Å²) in [6, 6.07) is 27.8. The number of pyridine rings is 1. The SMILES string of the molecule is CN(C)c1ccc(NC(=O)c2c3ccccc3nc3ccc4ccccc4c23)cc1. The zero-order valence-corrected chi connectivity index (χ0v) is 16.9. The molecule has 1 heterocycles. The Balaban J connectivity index is 1.72. The van der Waals surface area contributed by atoms with Crippen molar-refractivity contribution >= 4 is 49.9 Å². The van der Waals surface area contributed by atoms with E-state index >= 15 is 0 Å². The van der Waals surface area contributed by atoms with E-state index in [1.807, 2.05) is 85.7 Å². The predicted molar refractivity (Wildman–Crippen MR) is 125 cm³/mol. The molecule has 0 aliphatic heterocycles. The van der Waals surface area contributed by atoms with E-state index < -0.39 is 0 Å². The fourth-order valence-electron chi connectivity index (χ4n) is 3.94. The van der Waals surface area contributed by atoms with E-state index in [0.29, 0.717) is 5.56 Å². The van der Waals surface area contributed by atoms with Crippen molar-refractivity contribution in [2.24, 2.45) is 0 Å². The fourth-order valence-corrected chi connectivity index (χ4v) is 3.94. The van der Waals surface area contributed by atoms with Gasteiger partial charge in [0, 0.05) is 36.2 Å². The van der Waals surface area contributed by atoms with Crippen molar-refractivity contribution in [3.63, 3.8) is 0 Å². The number of amides is 1. The van der Waals surface area contributed by atoms with Crippen LogP contribution in [0.25, 0.3) is 32.6 Å². The number of rotatable bonds is 3. The molecule has 4 nitrogen and oxygen atoms in total. The maximum absolute atomic E-state index is 13.6. The van der Waals surface area contributed by atoms with E-state index in [1.54, 1.807) is 0 Å². The standard InChI is InChI=1S/C26H21N3O/c1-29(2)19-14-12-18(13-15-19)27-26(30)25-21-9-5-6-10-22(21)28-23-16-11-17-7-3-4-8-20(17)24(23)25/h3-16H,1-2H3,(H,27,30). The average Bonchev–Trinajstić information content (AvgIpc) is 2.77. The summed E-state index contributed by atoms with van der Waals surface area (Å²) >= 11 is 0. The normalized spacial score (nSPS) is 11.1. The topological polar surface area (TPSA) is 45.2 Å². The highest BCUT2D eigenvalue weighted by atomic mass is 16.1. The number of aromatic nitrogens is 1. The Hall–Kier alpha value is -3.92. The summed E-state index contributed by atoms with van der Waals surface area (Å²) in [6.45, 7) is 0. The van der Waals surface area contributed by atoms with Crippen LogP contribution in [-0.4, -0.2) is 25.0 Å². The van der Waals surface area contributed by atoms with Gasteiger partial charge in [0.2, 0.25) is 0 Å². The second-order valence-electron chi connectivity index (χ2n) is 7.58. The Bertz CT molecular complexity index is 1410. The molecule has 4 aromatic carbocycles. The van der Waals surface area contributed by atoms with Gasteiger partial charge in [-0.3, -0.25) is 4.79 Å². The third-order valence-corrected chi connectivity index (χ3v) is 5.44. The van der Waals surface area contributed by atoms with E-state index in [-0.39, 0.29) is 5.91 Å². The molecule has 0 spiro atoms. The van der Waals surface area contributed by atoms with Crippen LogP contribution in [0.15, 0.2) is 84.9 Å². The van der Waals surface area contributed by atoms with E-state index in [0.717, 1.165) is 44.0 Å². The number of hydrogen-bond donors (Lipinski definition) is 1. The van der Waals surface area contributed by atoms with Crippen molar-refractivity contribution in [1.29, 1.82) is 0 Å². The quantitative estimate of drug-likeness (QED) is 0.309. The lowest BCUT2D eigenvalue weighted by Crippen LogP contribution is -2.14. The van der Waals surface area contributed by atoms with E-state index in [4.69, 9.17) is 4.98 Å². The molecule has 0 unspecified atom stereocenters. The minimum Gasteiger partial charge on any atom is -0.378 e. The van der Waals surface area contributed by atoms with Crippen LogP contribution in [-0.2, 0) is 0 Å². The summed E-state index contributed by atoms with van der Waals surface area (Å²) in [7, 11) is 3.99. The molecule has 5 aromatic rings. The first-order valence-electron chi connectivity index (χ1n) is 9.91. The molecule has 5 rings (SSSR count). The van der Waals surface area contributed by atoms with Crippen molar-refractivity contribution in [2.75, 3.05) is 24.3 Å². The first kappa shape index (κ1) is 18.1. The number of carbonyl (C=O) groups excluding carboxylic acids is 1. The van der Waals surface area contributed by atoms with Crippen LogP contribution in [0.3, 0.4) is 0 Å². The van der Waals surface area contributed by atoms with Gasteiger partial charge >= 0.3 is 0 Å². The molecule has 146 valence electrons. The molecular formula is C26H21N3O. The average molecular weight is 391 g/mol. The molecule has 0 saturated heterocycles. The second kappa shape index (κ2) is 7.16. The zero-order valence-electron chi connectivity index (χ0n) is 16.9. The molecule has 1 N–H and O–H groups in total. The Morgan fingerprint density at radius 2 is 1.47 bits per heavy atom. The summed E-state index contributed by atoms with van der Waals surface area (Å²) in [5.41, 5.74) is 4.14. The minimum absolute atomic E-state index is 0.132. The summed E-state index contributed by atoms with van der Waals surface area (Å²) < 4.78 is 0. The van der Waals surface area contributed by atoms with Gasteiger partial charge in [-0.25, -0.2) is 4.98 Å². The lowest BCUT2D eigenvalue weighted by atomic mass is 9.97. The maximum atomic E-state index is 13.6. The highest BCUT2D eigenvalue weighted by molar-refractivity contribution is 6.25. The number of nitrogens with zero attached hydrogens (tertiary/aromatic N) is 2. The van der Waals surface area contributed by atoms with Gasteiger partial charge in [0.15, 0.2) is 0 Å². The van der Waals surface area contributed by atoms with Gasteiger partial charge in [-0.2, -0.15) is 0 Å². The fraction of sp³-hybridized carbons (Fsp3) is 0.0769. The van der Waals surface area contributed by atoms with Crippen molar-refractivity contribution in [3.8, 4) is 0 Å². The Labute approximate surface area is 174 Å². The van der Waals surface area contributed by atoms with Crippen LogP contribution in [0.4, 0.5) is 11.4 Å². The van der Waals surface area contributed by atoms with Gasteiger partial charge in [-0.1, -0.05) is 48.5 Å². The first-order chi connectivity index (χ1) is 14.6. The molecule has 0 bridgehead atoms. The predicted octanol–water partition coefficient (Wildman–Crippen LogP) is 5.86. The lowest BCUT2D eigenvalue weighted by Gasteiger charge is -2.15.